The van der Waals surface area contributed by atoms with Crippen LogP contribution in [0, 0.1) is 25.2 Å². The molecule has 0 radical (unpaired) electrons. The summed E-state index contributed by atoms with van der Waals surface area (Å²) in [7, 11) is 0. The van der Waals surface area contributed by atoms with Crippen molar-refractivity contribution in [3.63, 3.8) is 0 Å². The highest BCUT2D eigenvalue weighted by molar-refractivity contribution is 6.08. The lowest BCUT2D eigenvalue weighted by atomic mass is 10.0. The Labute approximate surface area is 125 Å². The van der Waals surface area contributed by atoms with Crippen molar-refractivity contribution in [3.8, 4) is 6.07 Å². The molecule has 0 heterocycles. The van der Waals surface area contributed by atoms with E-state index in [-0.39, 0.29) is 5.91 Å². The second-order valence-electron chi connectivity index (χ2n) is 4.97. The van der Waals surface area contributed by atoms with E-state index < -0.39 is 0 Å². The molecule has 0 N–H and O–H groups in total. The summed E-state index contributed by atoms with van der Waals surface area (Å²) in [6.07, 6.45) is 0.311. The van der Waals surface area contributed by atoms with Crippen LogP contribution >= 0.6 is 0 Å². The molecule has 0 saturated carbocycles. The Bertz CT molecular complexity index is 651. The number of para-hydroxylation sites is 1. The van der Waals surface area contributed by atoms with E-state index in [9.17, 15) is 4.79 Å². The topological polar surface area (TPSA) is 44.1 Å². The van der Waals surface area contributed by atoms with Gasteiger partial charge in [-0.2, -0.15) is 5.26 Å². The van der Waals surface area contributed by atoms with Crippen LogP contribution < -0.4 is 4.90 Å². The van der Waals surface area contributed by atoms with Gasteiger partial charge < -0.3 is 4.90 Å². The Morgan fingerprint density at radius 3 is 2.24 bits per heavy atom. The molecule has 0 bridgehead atoms. The number of nitrogens with zero attached hydrogens (tertiary/aromatic N) is 2. The molecule has 0 aromatic heterocycles. The maximum atomic E-state index is 12.9. The first-order valence-electron chi connectivity index (χ1n) is 6.95. The fourth-order valence-electron chi connectivity index (χ4n) is 2.40. The van der Waals surface area contributed by atoms with Gasteiger partial charge in [0.1, 0.15) is 0 Å². The van der Waals surface area contributed by atoms with E-state index in [2.05, 4.69) is 6.07 Å². The van der Waals surface area contributed by atoms with Crippen molar-refractivity contribution in [1.82, 2.24) is 0 Å². The highest BCUT2D eigenvalue weighted by Crippen LogP contribution is 2.21. The van der Waals surface area contributed by atoms with Gasteiger partial charge in [-0.3, -0.25) is 4.79 Å². The van der Waals surface area contributed by atoms with Gasteiger partial charge >= 0.3 is 0 Å². The maximum absolute atomic E-state index is 12.9. The van der Waals surface area contributed by atoms with Crippen molar-refractivity contribution >= 4 is 11.6 Å². The summed E-state index contributed by atoms with van der Waals surface area (Å²) in [5.41, 5.74) is 3.45. The summed E-state index contributed by atoms with van der Waals surface area (Å²) >= 11 is 0. The molecule has 0 aliphatic rings. The van der Waals surface area contributed by atoms with E-state index in [1.54, 1.807) is 4.90 Å². The third-order valence-corrected chi connectivity index (χ3v) is 3.46. The number of carbonyl (C=O) groups is 1. The Balaban J connectivity index is 2.42. The second kappa shape index (κ2) is 6.71. The van der Waals surface area contributed by atoms with Crippen molar-refractivity contribution in [3.05, 3.63) is 65.2 Å². The number of hydrogen-bond donors (Lipinski definition) is 0. The molecule has 2 aromatic carbocycles. The summed E-state index contributed by atoms with van der Waals surface area (Å²) in [6, 6.07) is 17.4. The van der Waals surface area contributed by atoms with Gasteiger partial charge in [-0.25, -0.2) is 0 Å². The fraction of sp³-hybridized carbons (Fsp3) is 0.222. The quantitative estimate of drug-likeness (QED) is 0.852. The molecule has 0 spiro atoms. The predicted octanol–water partition coefficient (Wildman–Crippen LogP) is 3.86. The van der Waals surface area contributed by atoms with Crippen molar-refractivity contribution in [2.24, 2.45) is 0 Å². The minimum atomic E-state index is -0.0490. The standard InChI is InChI=1S/C18H18N2O/c1-14-8-6-9-15(2)17(14)18(21)20(13-7-12-19)16-10-4-3-5-11-16/h3-6,8-11H,7,13H2,1-2H3. The van der Waals surface area contributed by atoms with Crippen LogP contribution in [-0.4, -0.2) is 12.5 Å². The molecule has 0 atom stereocenters. The fourth-order valence-corrected chi connectivity index (χ4v) is 2.40. The van der Waals surface area contributed by atoms with Crippen LogP contribution in [-0.2, 0) is 0 Å². The van der Waals surface area contributed by atoms with Crippen molar-refractivity contribution in [1.29, 1.82) is 5.26 Å². The van der Waals surface area contributed by atoms with E-state index >= 15 is 0 Å². The normalized spacial score (nSPS) is 9.95. The molecule has 0 fully saturated rings. The number of amides is 1. The van der Waals surface area contributed by atoms with Crippen LogP contribution in [0.5, 0.6) is 0 Å². The molecule has 0 aliphatic carbocycles. The van der Waals surface area contributed by atoms with Crippen LogP contribution in [0.4, 0.5) is 5.69 Å². The number of aryl methyl sites for hydroxylation is 2. The lowest BCUT2D eigenvalue weighted by Crippen LogP contribution is -2.32. The van der Waals surface area contributed by atoms with Gasteiger partial charge in [0.25, 0.3) is 5.91 Å². The molecule has 106 valence electrons. The van der Waals surface area contributed by atoms with Crippen LogP contribution in [0.3, 0.4) is 0 Å². The van der Waals surface area contributed by atoms with Gasteiger partial charge in [-0.1, -0.05) is 36.4 Å². The first kappa shape index (κ1) is 14.8. The molecule has 21 heavy (non-hydrogen) atoms. The smallest absolute Gasteiger partial charge is 0.258 e. The van der Waals surface area contributed by atoms with Crippen LogP contribution in [0.25, 0.3) is 0 Å². The minimum absolute atomic E-state index is 0.0490. The molecular formula is C18H18N2O. The number of anilines is 1. The highest BCUT2D eigenvalue weighted by atomic mass is 16.2. The summed E-state index contributed by atoms with van der Waals surface area (Å²) in [5, 5.41) is 8.84. The summed E-state index contributed by atoms with van der Waals surface area (Å²) < 4.78 is 0. The lowest BCUT2D eigenvalue weighted by Gasteiger charge is -2.23. The molecule has 2 aromatic rings. The van der Waals surface area contributed by atoms with Gasteiger partial charge in [0, 0.05) is 17.8 Å². The zero-order valence-electron chi connectivity index (χ0n) is 12.3. The van der Waals surface area contributed by atoms with Gasteiger partial charge in [0.15, 0.2) is 0 Å². The average Bonchev–Trinajstić information content (AvgIpc) is 2.48. The Morgan fingerprint density at radius 1 is 1.05 bits per heavy atom. The van der Waals surface area contributed by atoms with E-state index in [4.69, 9.17) is 5.26 Å². The Morgan fingerprint density at radius 2 is 1.67 bits per heavy atom. The third kappa shape index (κ3) is 3.29. The number of benzene rings is 2. The van der Waals surface area contributed by atoms with E-state index in [1.807, 2.05) is 62.4 Å². The summed E-state index contributed by atoms with van der Waals surface area (Å²) in [6.45, 7) is 4.27. The van der Waals surface area contributed by atoms with Crippen molar-refractivity contribution in [2.45, 2.75) is 20.3 Å². The third-order valence-electron chi connectivity index (χ3n) is 3.46. The Hall–Kier alpha value is -2.60. The summed E-state index contributed by atoms with van der Waals surface area (Å²) in [4.78, 5) is 14.6. The maximum Gasteiger partial charge on any atom is 0.258 e. The van der Waals surface area contributed by atoms with Gasteiger partial charge in [0.05, 0.1) is 12.5 Å². The lowest BCUT2D eigenvalue weighted by molar-refractivity contribution is 0.0986. The van der Waals surface area contributed by atoms with E-state index in [0.29, 0.717) is 13.0 Å². The zero-order chi connectivity index (χ0) is 15.2. The van der Waals surface area contributed by atoms with Gasteiger partial charge in [0.2, 0.25) is 0 Å². The molecule has 3 nitrogen and oxygen atoms in total. The van der Waals surface area contributed by atoms with E-state index in [1.165, 1.54) is 0 Å². The first-order valence-corrected chi connectivity index (χ1v) is 6.95. The van der Waals surface area contributed by atoms with Gasteiger partial charge in [-0.15, -0.1) is 0 Å². The monoisotopic (exact) mass is 278 g/mol. The van der Waals surface area contributed by atoms with Crippen LogP contribution in [0.1, 0.15) is 27.9 Å². The highest BCUT2D eigenvalue weighted by Gasteiger charge is 2.20. The average molecular weight is 278 g/mol. The van der Waals surface area contributed by atoms with Crippen LogP contribution in [0.15, 0.2) is 48.5 Å². The predicted molar refractivity (Wildman–Crippen MR) is 84.3 cm³/mol. The van der Waals surface area contributed by atoms with Crippen molar-refractivity contribution in [2.75, 3.05) is 11.4 Å². The molecule has 1 amide bonds. The second-order valence-corrected chi connectivity index (χ2v) is 4.97. The molecule has 2 rings (SSSR count). The van der Waals surface area contributed by atoms with Crippen LogP contribution in [0.2, 0.25) is 0 Å². The van der Waals surface area contributed by atoms with Crippen molar-refractivity contribution < 1.29 is 4.79 Å². The number of hydrogen-bond acceptors (Lipinski definition) is 2. The SMILES string of the molecule is Cc1cccc(C)c1C(=O)N(CCC#N)c1ccccc1. The molecule has 0 unspecified atom stereocenters. The first-order chi connectivity index (χ1) is 10.1. The molecule has 0 aliphatic heterocycles. The minimum Gasteiger partial charge on any atom is -0.307 e. The number of nitriles is 1. The largest absolute Gasteiger partial charge is 0.307 e. The zero-order valence-corrected chi connectivity index (χ0v) is 12.3. The van der Waals surface area contributed by atoms with E-state index in [0.717, 1.165) is 22.4 Å². The number of rotatable bonds is 4. The number of carbonyl (C=O) groups excluding carboxylic acids is 1. The Kier molecular flexibility index (Phi) is 4.73. The molecule has 0 saturated heterocycles. The van der Waals surface area contributed by atoms with Gasteiger partial charge in [-0.05, 0) is 37.1 Å². The molecule has 3 heteroatoms. The molecular weight excluding hydrogens is 260 g/mol. The summed E-state index contributed by atoms with van der Waals surface area (Å²) in [5.74, 6) is -0.0490.